The number of amides is 1. The lowest BCUT2D eigenvalue weighted by Gasteiger charge is -2.08. The zero-order chi connectivity index (χ0) is 15.4. The SMILES string of the molecule is CCOC(=O)c1c(C2CC2)csc1NC(=O)COC(C)=O. The third-order valence-corrected chi connectivity index (χ3v) is 3.89. The molecule has 0 radical (unpaired) electrons. The van der Waals surface area contributed by atoms with E-state index in [1.54, 1.807) is 6.92 Å². The van der Waals surface area contributed by atoms with E-state index in [1.807, 2.05) is 5.38 Å². The van der Waals surface area contributed by atoms with Crippen molar-refractivity contribution in [2.45, 2.75) is 32.6 Å². The van der Waals surface area contributed by atoms with Crippen LogP contribution in [0.2, 0.25) is 0 Å². The third kappa shape index (κ3) is 4.04. The monoisotopic (exact) mass is 311 g/mol. The van der Waals surface area contributed by atoms with Crippen molar-refractivity contribution in [2.75, 3.05) is 18.5 Å². The molecule has 114 valence electrons. The molecule has 0 spiro atoms. The zero-order valence-corrected chi connectivity index (χ0v) is 12.7. The van der Waals surface area contributed by atoms with Gasteiger partial charge in [0, 0.05) is 6.92 Å². The molecular weight excluding hydrogens is 294 g/mol. The highest BCUT2D eigenvalue weighted by Gasteiger charge is 2.32. The number of ether oxygens (including phenoxy) is 2. The van der Waals surface area contributed by atoms with Gasteiger partial charge in [0.15, 0.2) is 6.61 Å². The maximum absolute atomic E-state index is 12.1. The summed E-state index contributed by atoms with van der Waals surface area (Å²) in [5.74, 6) is -1.05. The van der Waals surface area contributed by atoms with E-state index in [4.69, 9.17) is 4.74 Å². The Bertz CT molecular complexity index is 562. The minimum Gasteiger partial charge on any atom is -0.462 e. The van der Waals surface area contributed by atoms with Crippen molar-refractivity contribution >= 4 is 34.2 Å². The van der Waals surface area contributed by atoms with Crippen LogP contribution in [0.4, 0.5) is 5.00 Å². The van der Waals surface area contributed by atoms with Crippen LogP contribution in [0.3, 0.4) is 0 Å². The molecule has 6 nitrogen and oxygen atoms in total. The largest absolute Gasteiger partial charge is 0.462 e. The van der Waals surface area contributed by atoms with Gasteiger partial charge in [-0.2, -0.15) is 0 Å². The zero-order valence-electron chi connectivity index (χ0n) is 11.9. The normalized spacial score (nSPS) is 13.6. The predicted octanol–water partition coefficient (Wildman–Crippen LogP) is 2.30. The molecule has 1 heterocycles. The summed E-state index contributed by atoms with van der Waals surface area (Å²) in [6.07, 6.45) is 2.09. The van der Waals surface area contributed by atoms with Crippen LogP contribution in [0.25, 0.3) is 0 Å². The summed E-state index contributed by atoms with van der Waals surface area (Å²) in [4.78, 5) is 34.5. The van der Waals surface area contributed by atoms with Gasteiger partial charge in [-0.15, -0.1) is 11.3 Å². The first-order chi connectivity index (χ1) is 10.0. The van der Waals surface area contributed by atoms with E-state index >= 15 is 0 Å². The second-order valence-electron chi connectivity index (χ2n) is 4.72. The molecule has 21 heavy (non-hydrogen) atoms. The lowest BCUT2D eigenvalue weighted by Crippen LogP contribution is -2.21. The van der Waals surface area contributed by atoms with Gasteiger partial charge in [0.25, 0.3) is 5.91 Å². The number of carbonyl (C=O) groups excluding carboxylic acids is 3. The summed E-state index contributed by atoms with van der Waals surface area (Å²) in [5.41, 5.74) is 1.36. The first-order valence-corrected chi connectivity index (χ1v) is 7.62. The Labute approximate surface area is 126 Å². The van der Waals surface area contributed by atoms with Gasteiger partial charge in [0.2, 0.25) is 0 Å². The van der Waals surface area contributed by atoms with Gasteiger partial charge in [0.1, 0.15) is 5.00 Å². The molecule has 1 fully saturated rings. The number of nitrogens with one attached hydrogen (secondary N) is 1. The Kier molecular flexibility index (Phi) is 4.95. The van der Waals surface area contributed by atoms with Crippen molar-refractivity contribution in [1.82, 2.24) is 0 Å². The number of anilines is 1. The average Bonchev–Trinajstić information content (AvgIpc) is 3.18. The number of hydrogen-bond donors (Lipinski definition) is 1. The van der Waals surface area contributed by atoms with E-state index in [0.29, 0.717) is 16.5 Å². The van der Waals surface area contributed by atoms with Crippen LogP contribution >= 0.6 is 11.3 Å². The highest BCUT2D eigenvalue weighted by molar-refractivity contribution is 7.15. The molecule has 0 bridgehead atoms. The van der Waals surface area contributed by atoms with Crippen LogP contribution in [0.5, 0.6) is 0 Å². The molecule has 0 atom stereocenters. The van der Waals surface area contributed by atoms with Crippen molar-refractivity contribution in [1.29, 1.82) is 0 Å². The lowest BCUT2D eigenvalue weighted by atomic mass is 10.1. The molecule has 7 heteroatoms. The van der Waals surface area contributed by atoms with Crippen molar-refractivity contribution in [3.05, 3.63) is 16.5 Å². The van der Waals surface area contributed by atoms with Gasteiger partial charge >= 0.3 is 11.9 Å². The molecule has 0 saturated heterocycles. The summed E-state index contributed by atoms with van der Waals surface area (Å²) < 4.78 is 9.68. The first kappa shape index (κ1) is 15.5. The summed E-state index contributed by atoms with van der Waals surface area (Å²) in [6, 6.07) is 0. The topological polar surface area (TPSA) is 81.7 Å². The van der Waals surface area contributed by atoms with E-state index in [2.05, 4.69) is 10.1 Å². The number of thiophene rings is 1. The Morgan fingerprint density at radius 1 is 1.33 bits per heavy atom. The van der Waals surface area contributed by atoms with Gasteiger partial charge in [0.05, 0.1) is 12.2 Å². The fourth-order valence-electron chi connectivity index (χ4n) is 1.90. The third-order valence-electron chi connectivity index (χ3n) is 2.98. The number of hydrogen-bond acceptors (Lipinski definition) is 6. The molecule has 1 N–H and O–H groups in total. The van der Waals surface area contributed by atoms with Crippen molar-refractivity contribution in [3.63, 3.8) is 0 Å². The summed E-state index contributed by atoms with van der Waals surface area (Å²) in [6.45, 7) is 2.88. The van der Waals surface area contributed by atoms with Crippen molar-refractivity contribution in [2.24, 2.45) is 0 Å². The van der Waals surface area contributed by atoms with Gasteiger partial charge < -0.3 is 14.8 Å². The molecule has 2 rings (SSSR count). The predicted molar refractivity (Wildman–Crippen MR) is 77.5 cm³/mol. The van der Waals surface area contributed by atoms with Crippen molar-refractivity contribution < 1.29 is 23.9 Å². The molecule has 1 aliphatic rings. The van der Waals surface area contributed by atoms with Gasteiger partial charge in [-0.1, -0.05) is 0 Å². The minimum atomic E-state index is -0.527. The Morgan fingerprint density at radius 2 is 2.05 bits per heavy atom. The number of rotatable bonds is 6. The molecule has 1 amide bonds. The van der Waals surface area contributed by atoms with Crippen LogP contribution in [-0.2, 0) is 19.1 Å². The maximum atomic E-state index is 12.1. The Hall–Kier alpha value is -1.89. The number of carbonyl (C=O) groups is 3. The smallest absolute Gasteiger partial charge is 0.341 e. The van der Waals surface area contributed by atoms with E-state index in [-0.39, 0.29) is 13.2 Å². The molecular formula is C14H17NO5S. The molecule has 0 unspecified atom stereocenters. The minimum absolute atomic E-state index is 0.277. The van der Waals surface area contributed by atoms with Crippen LogP contribution in [-0.4, -0.2) is 31.1 Å². The summed E-state index contributed by atoms with van der Waals surface area (Å²) >= 11 is 1.29. The molecule has 1 aliphatic carbocycles. The molecule has 0 aromatic carbocycles. The quantitative estimate of drug-likeness (QED) is 0.815. The Morgan fingerprint density at radius 3 is 2.62 bits per heavy atom. The maximum Gasteiger partial charge on any atom is 0.341 e. The lowest BCUT2D eigenvalue weighted by molar-refractivity contribution is -0.144. The van der Waals surface area contributed by atoms with Gasteiger partial charge in [-0.25, -0.2) is 4.79 Å². The Balaban J connectivity index is 2.13. The highest BCUT2D eigenvalue weighted by Crippen LogP contribution is 2.46. The molecule has 1 aromatic heterocycles. The van der Waals surface area contributed by atoms with Gasteiger partial charge in [-0.3, -0.25) is 9.59 Å². The molecule has 1 aromatic rings. The second kappa shape index (κ2) is 6.71. The molecule has 1 saturated carbocycles. The first-order valence-electron chi connectivity index (χ1n) is 6.74. The standard InChI is InChI=1S/C14H17NO5S/c1-3-19-14(18)12-10(9-4-5-9)7-21-13(12)15-11(17)6-20-8(2)16/h7,9H,3-6H2,1-2H3,(H,15,17). The van der Waals surface area contributed by atoms with Crippen LogP contribution in [0.15, 0.2) is 5.38 Å². The van der Waals surface area contributed by atoms with E-state index < -0.39 is 17.8 Å². The second-order valence-corrected chi connectivity index (χ2v) is 5.60. The van der Waals surface area contributed by atoms with E-state index in [1.165, 1.54) is 18.3 Å². The fraction of sp³-hybridized carbons (Fsp3) is 0.500. The average molecular weight is 311 g/mol. The fourth-order valence-corrected chi connectivity index (χ4v) is 2.95. The highest BCUT2D eigenvalue weighted by atomic mass is 32.1. The summed E-state index contributed by atoms with van der Waals surface area (Å²) in [7, 11) is 0. The van der Waals surface area contributed by atoms with Crippen LogP contribution in [0, 0.1) is 0 Å². The number of esters is 2. The van der Waals surface area contributed by atoms with E-state index in [0.717, 1.165) is 18.4 Å². The van der Waals surface area contributed by atoms with E-state index in [9.17, 15) is 14.4 Å². The van der Waals surface area contributed by atoms with Crippen molar-refractivity contribution in [3.8, 4) is 0 Å². The summed E-state index contributed by atoms with van der Waals surface area (Å²) in [5, 5.41) is 4.94. The van der Waals surface area contributed by atoms with Crippen LogP contribution in [0.1, 0.15) is 48.5 Å². The molecule has 0 aliphatic heterocycles. The van der Waals surface area contributed by atoms with Crippen LogP contribution < -0.4 is 5.32 Å². The van der Waals surface area contributed by atoms with Gasteiger partial charge in [-0.05, 0) is 36.6 Å².